The van der Waals surface area contributed by atoms with Crippen LogP contribution in [0.25, 0.3) is 28.0 Å². The van der Waals surface area contributed by atoms with Gasteiger partial charge < -0.3 is 0 Å². The molecule has 4 aromatic heterocycles. The van der Waals surface area contributed by atoms with Crippen LogP contribution in [0.5, 0.6) is 0 Å². The van der Waals surface area contributed by atoms with Crippen molar-refractivity contribution < 1.29 is 13.2 Å². The summed E-state index contributed by atoms with van der Waals surface area (Å²) >= 11 is 0.839. The van der Waals surface area contributed by atoms with E-state index >= 15 is 0 Å². The number of hydrogen-bond acceptors (Lipinski definition) is 5. The Morgan fingerprint density at radius 1 is 0.938 bits per heavy atom. The predicted octanol–water partition coefficient (Wildman–Crippen LogP) is 4.75. The summed E-state index contributed by atoms with van der Waals surface area (Å²) in [4.78, 5) is 16.0. The van der Waals surface area contributed by atoms with E-state index in [1.807, 2.05) is 54.7 Å². The van der Waals surface area contributed by atoms with Crippen LogP contribution < -0.4 is 5.56 Å². The zero-order valence-corrected chi connectivity index (χ0v) is 17.1. The number of halogens is 3. The SMILES string of the molecule is O=c1ccc(-c2c(-c3ccccc3)nn3ccccc23)nn1Cc1nc(C(F)(F)F)cs1. The van der Waals surface area contributed by atoms with Crippen molar-refractivity contribution in [2.45, 2.75) is 12.7 Å². The van der Waals surface area contributed by atoms with Crippen LogP contribution in [-0.4, -0.2) is 24.4 Å². The largest absolute Gasteiger partial charge is 0.434 e. The normalized spacial score (nSPS) is 11.8. The molecular formula is C22H14F3N5OS. The topological polar surface area (TPSA) is 65.1 Å². The maximum absolute atomic E-state index is 12.9. The van der Waals surface area contributed by atoms with Crippen LogP contribution in [0, 0.1) is 0 Å². The van der Waals surface area contributed by atoms with Crippen LogP contribution in [0.4, 0.5) is 13.2 Å². The van der Waals surface area contributed by atoms with E-state index in [1.54, 1.807) is 10.6 Å². The third-order valence-corrected chi connectivity index (χ3v) is 5.67. The van der Waals surface area contributed by atoms with Crippen LogP contribution in [0.1, 0.15) is 10.7 Å². The van der Waals surface area contributed by atoms with Gasteiger partial charge in [0, 0.05) is 23.2 Å². The smallest absolute Gasteiger partial charge is 0.268 e. The van der Waals surface area contributed by atoms with Gasteiger partial charge in [-0.15, -0.1) is 11.3 Å². The van der Waals surface area contributed by atoms with Crippen molar-refractivity contribution in [3.05, 3.63) is 93.3 Å². The summed E-state index contributed by atoms with van der Waals surface area (Å²) in [5.74, 6) is 0. The highest BCUT2D eigenvalue weighted by Gasteiger charge is 2.33. The third-order valence-electron chi connectivity index (χ3n) is 4.84. The van der Waals surface area contributed by atoms with Gasteiger partial charge in [0.15, 0.2) is 5.69 Å². The van der Waals surface area contributed by atoms with Gasteiger partial charge in [-0.05, 0) is 18.2 Å². The first kappa shape index (κ1) is 20.1. The van der Waals surface area contributed by atoms with Crippen LogP contribution in [-0.2, 0) is 12.7 Å². The zero-order chi connectivity index (χ0) is 22.3. The molecule has 0 amide bonds. The van der Waals surface area contributed by atoms with Crippen LogP contribution in [0.2, 0.25) is 0 Å². The van der Waals surface area contributed by atoms with E-state index in [9.17, 15) is 18.0 Å². The maximum Gasteiger partial charge on any atom is 0.434 e. The first-order chi connectivity index (χ1) is 15.4. The van der Waals surface area contributed by atoms with Crippen LogP contribution in [0.15, 0.2) is 77.0 Å². The number of pyridine rings is 1. The molecule has 0 spiro atoms. The fourth-order valence-electron chi connectivity index (χ4n) is 3.39. The maximum atomic E-state index is 12.9. The van der Waals surface area contributed by atoms with Crippen molar-refractivity contribution in [2.75, 3.05) is 0 Å². The molecule has 0 aliphatic carbocycles. The van der Waals surface area contributed by atoms with Gasteiger partial charge in [0.25, 0.3) is 5.56 Å². The summed E-state index contributed by atoms with van der Waals surface area (Å²) in [6.07, 6.45) is -2.72. The Bertz CT molecular complexity index is 1470. The fourth-order valence-corrected chi connectivity index (χ4v) is 4.17. The van der Waals surface area contributed by atoms with E-state index in [1.165, 1.54) is 6.07 Å². The molecule has 1 aromatic carbocycles. The van der Waals surface area contributed by atoms with E-state index in [0.29, 0.717) is 11.4 Å². The minimum atomic E-state index is -4.53. The van der Waals surface area contributed by atoms with Gasteiger partial charge in [-0.3, -0.25) is 4.79 Å². The Labute approximate surface area is 183 Å². The second-order valence-corrected chi connectivity index (χ2v) is 7.90. The first-order valence-electron chi connectivity index (χ1n) is 9.53. The monoisotopic (exact) mass is 453 g/mol. The molecule has 0 saturated carbocycles. The molecule has 0 radical (unpaired) electrons. The molecule has 0 atom stereocenters. The molecule has 32 heavy (non-hydrogen) atoms. The van der Waals surface area contributed by atoms with Gasteiger partial charge in [-0.2, -0.15) is 23.4 Å². The van der Waals surface area contributed by atoms with Gasteiger partial charge in [0.1, 0.15) is 10.7 Å². The molecule has 0 saturated heterocycles. The molecule has 0 bridgehead atoms. The highest BCUT2D eigenvalue weighted by molar-refractivity contribution is 7.09. The van der Waals surface area contributed by atoms with Gasteiger partial charge >= 0.3 is 6.18 Å². The van der Waals surface area contributed by atoms with Gasteiger partial charge in [0.2, 0.25) is 0 Å². The predicted molar refractivity (Wildman–Crippen MR) is 114 cm³/mol. The number of hydrogen-bond donors (Lipinski definition) is 0. The summed E-state index contributed by atoms with van der Waals surface area (Å²) in [5.41, 5.74) is 2.14. The van der Waals surface area contributed by atoms with Crippen molar-refractivity contribution in [3.63, 3.8) is 0 Å². The molecule has 5 rings (SSSR count). The molecule has 0 aliphatic heterocycles. The van der Waals surface area contributed by atoms with E-state index in [4.69, 9.17) is 0 Å². The molecular weight excluding hydrogens is 439 g/mol. The van der Waals surface area contributed by atoms with Gasteiger partial charge in [-0.1, -0.05) is 36.4 Å². The minimum Gasteiger partial charge on any atom is -0.268 e. The number of rotatable bonds is 4. The fraction of sp³-hybridized carbons (Fsp3) is 0.0909. The lowest BCUT2D eigenvalue weighted by atomic mass is 10.0. The number of nitrogens with zero attached hydrogens (tertiary/aromatic N) is 5. The standard InChI is InChI=1S/C22H14F3N5OS/c23-22(24,25)17-13-32-18(26-17)12-30-19(31)10-9-15(27-30)20-16-8-4-5-11-29(16)28-21(20)14-6-2-1-3-7-14/h1-11,13H,12H2. The molecule has 4 heterocycles. The molecule has 160 valence electrons. The van der Waals surface area contributed by atoms with Gasteiger partial charge in [0.05, 0.1) is 23.3 Å². The number of aromatic nitrogens is 5. The van der Waals surface area contributed by atoms with Crippen molar-refractivity contribution in [3.8, 4) is 22.5 Å². The average Bonchev–Trinajstić information content (AvgIpc) is 3.41. The van der Waals surface area contributed by atoms with E-state index in [-0.39, 0.29) is 11.6 Å². The van der Waals surface area contributed by atoms with E-state index in [0.717, 1.165) is 38.0 Å². The van der Waals surface area contributed by atoms with Crippen molar-refractivity contribution in [2.24, 2.45) is 0 Å². The zero-order valence-electron chi connectivity index (χ0n) is 16.3. The van der Waals surface area contributed by atoms with E-state index in [2.05, 4.69) is 15.2 Å². The summed E-state index contributed by atoms with van der Waals surface area (Å²) in [7, 11) is 0. The lowest BCUT2D eigenvalue weighted by Crippen LogP contribution is -2.23. The van der Waals surface area contributed by atoms with Crippen LogP contribution in [0.3, 0.4) is 0 Å². The lowest BCUT2D eigenvalue weighted by Gasteiger charge is -2.07. The van der Waals surface area contributed by atoms with Crippen molar-refractivity contribution in [1.29, 1.82) is 0 Å². The Hall–Kier alpha value is -3.79. The van der Waals surface area contributed by atoms with Crippen molar-refractivity contribution >= 4 is 16.9 Å². The number of benzene rings is 1. The quantitative estimate of drug-likeness (QED) is 0.394. The summed E-state index contributed by atoms with van der Waals surface area (Å²) in [6.45, 7) is -0.159. The average molecular weight is 453 g/mol. The summed E-state index contributed by atoms with van der Waals surface area (Å²) in [5, 5.41) is 10.2. The summed E-state index contributed by atoms with van der Waals surface area (Å²) in [6, 6.07) is 18.1. The molecule has 6 nitrogen and oxygen atoms in total. The Balaban J connectivity index is 1.62. The molecule has 5 aromatic rings. The second kappa shape index (κ2) is 7.72. The molecule has 0 fully saturated rings. The Morgan fingerprint density at radius 3 is 2.47 bits per heavy atom. The highest BCUT2D eigenvalue weighted by atomic mass is 32.1. The lowest BCUT2D eigenvalue weighted by molar-refractivity contribution is -0.140. The molecule has 0 N–H and O–H groups in total. The minimum absolute atomic E-state index is 0.146. The summed E-state index contributed by atoms with van der Waals surface area (Å²) < 4.78 is 41.5. The Morgan fingerprint density at radius 2 is 1.72 bits per heavy atom. The molecule has 0 unspecified atom stereocenters. The number of alkyl halides is 3. The first-order valence-corrected chi connectivity index (χ1v) is 10.4. The van der Waals surface area contributed by atoms with Crippen LogP contribution >= 0.6 is 11.3 Å². The molecule has 0 aliphatic rings. The van der Waals surface area contributed by atoms with Crippen molar-refractivity contribution in [1.82, 2.24) is 24.4 Å². The number of fused-ring (bicyclic) bond motifs is 1. The second-order valence-electron chi connectivity index (χ2n) is 6.96. The van der Waals surface area contributed by atoms with E-state index < -0.39 is 17.4 Å². The Kier molecular flexibility index (Phi) is 4.86. The highest BCUT2D eigenvalue weighted by Crippen LogP contribution is 2.34. The number of thiazole rings is 1. The third kappa shape index (κ3) is 3.69. The van der Waals surface area contributed by atoms with Gasteiger partial charge in [-0.25, -0.2) is 14.2 Å². The molecule has 10 heteroatoms.